The molecule has 1 atom stereocenters. The van der Waals surface area contributed by atoms with E-state index in [4.69, 9.17) is 14.2 Å². The van der Waals surface area contributed by atoms with Crippen molar-refractivity contribution in [1.29, 1.82) is 0 Å². The highest BCUT2D eigenvalue weighted by Crippen LogP contribution is 2.16. The van der Waals surface area contributed by atoms with Gasteiger partial charge in [-0.3, -0.25) is 14.4 Å². The molecule has 0 aromatic rings. The Kier molecular flexibility index (Phi) is 53.4. The smallest absolute Gasteiger partial charge is 0.306 e. The van der Waals surface area contributed by atoms with E-state index in [2.05, 4.69) is 45.1 Å². The van der Waals surface area contributed by atoms with Gasteiger partial charge in [0.2, 0.25) is 0 Å². The second kappa shape index (κ2) is 56.2. The monoisotopic (exact) mass is 947 g/mol. The maximum atomic E-state index is 12.8. The largest absolute Gasteiger partial charge is 0.462 e. The van der Waals surface area contributed by atoms with Crippen molar-refractivity contribution in [3.63, 3.8) is 0 Å². The summed E-state index contributed by atoms with van der Waals surface area (Å²) < 4.78 is 16.8. The van der Waals surface area contributed by atoms with E-state index >= 15 is 0 Å². The molecule has 0 aliphatic heterocycles. The quantitative estimate of drug-likeness (QED) is 0.0199. The number of allylic oxidation sites excluding steroid dienone is 14. The Bertz CT molecular complexity index is 1320. The van der Waals surface area contributed by atoms with Gasteiger partial charge in [0.15, 0.2) is 6.10 Å². The maximum absolute atomic E-state index is 12.8. The van der Waals surface area contributed by atoms with Gasteiger partial charge in [-0.05, 0) is 64.2 Å². The highest BCUT2D eigenvalue weighted by Gasteiger charge is 2.19. The fraction of sp³-hybridized carbons (Fsp3) is 0.726. The Balaban J connectivity index is 4.47. The predicted octanol–water partition coefficient (Wildman–Crippen LogP) is 19.2. The molecule has 0 fully saturated rings. The Morgan fingerprint density at radius 1 is 0.309 bits per heavy atom. The molecule has 0 aromatic carbocycles. The molecule has 0 aromatic heterocycles. The van der Waals surface area contributed by atoms with Crippen LogP contribution in [-0.4, -0.2) is 37.2 Å². The second-order valence-electron chi connectivity index (χ2n) is 19.0. The first kappa shape index (κ1) is 64.6. The van der Waals surface area contributed by atoms with Crippen molar-refractivity contribution in [3.05, 3.63) is 85.1 Å². The van der Waals surface area contributed by atoms with Gasteiger partial charge in [-0.1, -0.05) is 273 Å². The van der Waals surface area contributed by atoms with Crippen LogP contribution in [0, 0.1) is 0 Å². The van der Waals surface area contributed by atoms with Crippen molar-refractivity contribution in [2.75, 3.05) is 13.2 Å². The third-order valence-corrected chi connectivity index (χ3v) is 12.3. The number of esters is 3. The molecule has 1 unspecified atom stereocenters. The molecule has 0 radical (unpaired) electrons. The maximum Gasteiger partial charge on any atom is 0.306 e. The summed E-state index contributed by atoms with van der Waals surface area (Å²) in [6.07, 6.45) is 72.8. The second-order valence-corrected chi connectivity index (χ2v) is 19.0. The van der Waals surface area contributed by atoms with Crippen LogP contribution in [-0.2, 0) is 28.6 Å². The lowest BCUT2D eigenvalue weighted by molar-refractivity contribution is -0.167. The van der Waals surface area contributed by atoms with E-state index in [0.717, 1.165) is 70.6 Å². The van der Waals surface area contributed by atoms with Crippen LogP contribution >= 0.6 is 0 Å². The number of hydrogen-bond donors (Lipinski definition) is 0. The number of rotatable bonds is 51. The van der Waals surface area contributed by atoms with Crippen LogP contribution in [0.4, 0.5) is 0 Å². The minimum Gasteiger partial charge on any atom is -0.462 e. The van der Waals surface area contributed by atoms with Gasteiger partial charge in [0.25, 0.3) is 0 Å². The van der Waals surface area contributed by atoms with E-state index in [1.54, 1.807) is 0 Å². The van der Waals surface area contributed by atoms with Crippen molar-refractivity contribution in [3.8, 4) is 0 Å². The van der Waals surface area contributed by atoms with Crippen LogP contribution in [0.1, 0.15) is 271 Å². The van der Waals surface area contributed by atoms with Gasteiger partial charge in [-0.2, -0.15) is 0 Å². The Hall–Kier alpha value is -3.41. The highest BCUT2D eigenvalue weighted by atomic mass is 16.6. The molecule has 6 nitrogen and oxygen atoms in total. The zero-order valence-electron chi connectivity index (χ0n) is 44.6. The van der Waals surface area contributed by atoms with Gasteiger partial charge in [0, 0.05) is 19.3 Å². The predicted molar refractivity (Wildman–Crippen MR) is 293 cm³/mol. The van der Waals surface area contributed by atoms with Gasteiger partial charge in [-0.25, -0.2) is 0 Å². The third-order valence-electron chi connectivity index (χ3n) is 12.3. The molecular formula is C62H106O6. The Labute approximate surface area is 420 Å². The minimum absolute atomic E-state index is 0.0955. The Morgan fingerprint density at radius 2 is 0.588 bits per heavy atom. The summed E-state index contributed by atoms with van der Waals surface area (Å²) in [5.41, 5.74) is 0. The van der Waals surface area contributed by atoms with Crippen molar-refractivity contribution in [2.45, 2.75) is 277 Å². The highest BCUT2D eigenvalue weighted by molar-refractivity contribution is 5.71. The summed E-state index contributed by atoms with van der Waals surface area (Å²) in [7, 11) is 0. The summed E-state index contributed by atoms with van der Waals surface area (Å²) >= 11 is 0. The molecule has 0 spiro atoms. The molecule has 0 saturated carbocycles. The number of carbonyl (C=O) groups excluding carboxylic acids is 3. The van der Waals surface area contributed by atoms with Crippen LogP contribution < -0.4 is 0 Å². The van der Waals surface area contributed by atoms with Crippen LogP contribution in [0.5, 0.6) is 0 Å². The van der Waals surface area contributed by atoms with Gasteiger partial charge in [-0.15, -0.1) is 0 Å². The fourth-order valence-corrected chi connectivity index (χ4v) is 8.00. The molecule has 0 N–H and O–H groups in total. The topological polar surface area (TPSA) is 78.9 Å². The molecular weight excluding hydrogens is 841 g/mol. The molecule has 0 amide bonds. The molecule has 0 rings (SSSR count). The number of unbranched alkanes of at least 4 members (excludes halogenated alkanes) is 31. The third kappa shape index (κ3) is 53.5. The fourth-order valence-electron chi connectivity index (χ4n) is 8.00. The molecule has 0 heterocycles. The van der Waals surface area contributed by atoms with Crippen molar-refractivity contribution >= 4 is 17.9 Å². The van der Waals surface area contributed by atoms with Crippen LogP contribution in [0.15, 0.2) is 85.1 Å². The van der Waals surface area contributed by atoms with E-state index in [1.807, 2.05) is 60.8 Å². The first-order valence-electron chi connectivity index (χ1n) is 28.7. The lowest BCUT2D eigenvalue weighted by atomic mass is 10.0. The summed E-state index contributed by atoms with van der Waals surface area (Å²) in [5.74, 6) is -0.940. The molecule has 390 valence electrons. The van der Waals surface area contributed by atoms with E-state index < -0.39 is 6.10 Å². The lowest BCUT2D eigenvalue weighted by Gasteiger charge is -2.18. The minimum atomic E-state index is -0.802. The van der Waals surface area contributed by atoms with E-state index in [0.29, 0.717) is 19.3 Å². The number of hydrogen-bond acceptors (Lipinski definition) is 6. The molecule has 0 aliphatic carbocycles. The van der Waals surface area contributed by atoms with Crippen LogP contribution in [0.3, 0.4) is 0 Å². The van der Waals surface area contributed by atoms with Crippen molar-refractivity contribution < 1.29 is 28.6 Å². The first-order chi connectivity index (χ1) is 33.5. The number of ether oxygens (including phenoxy) is 3. The average molecular weight is 948 g/mol. The van der Waals surface area contributed by atoms with Gasteiger partial charge in [0.05, 0.1) is 0 Å². The van der Waals surface area contributed by atoms with Gasteiger partial charge < -0.3 is 14.2 Å². The Morgan fingerprint density at radius 3 is 0.956 bits per heavy atom. The van der Waals surface area contributed by atoms with E-state index in [-0.39, 0.29) is 37.5 Å². The van der Waals surface area contributed by atoms with E-state index in [9.17, 15) is 14.4 Å². The zero-order chi connectivity index (χ0) is 49.3. The molecule has 6 heteroatoms. The van der Waals surface area contributed by atoms with Crippen LogP contribution in [0.25, 0.3) is 0 Å². The normalized spacial score (nSPS) is 12.7. The summed E-state index contributed by atoms with van der Waals surface area (Å²) in [4.78, 5) is 38.1. The SMILES string of the molecule is CC\C=C/C=C\C=C/C=C\C=C\C=C/CCCCCC(=O)OC(COC(=O)CCCCCCC/C=C\CCCCCCCCCCC)COC(=O)CCCCCCCCCCCCCCCCC. The zero-order valence-corrected chi connectivity index (χ0v) is 44.6. The summed E-state index contributed by atoms with van der Waals surface area (Å²) in [5, 5.41) is 0. The lowest BCUT2D eigenvalue weighted by Crippen LogP contribution is -2.30. The summed E-state index contributed by atoms with van der Waals surface area (Å²) in [6, 6.07) is 0. The average Bonchev–Trinajstić information content (AvgIpc) is 3.34. The first-order valence-corrected chi connectivity index (χ1v) is 28.7. The molecule has 0 saturated heterocycles. The van der Waals surface area contributed by atoms with Gasteiger partial charge in [0.1, 0.15) is 13.2 Å². The van der Waals surface area contributed by atoms with Gasteiger partial charge >= 0.3 is 17.9 Å². The molecule has 68 heavy (non-hydrogen) atoms. The van der Waals surface area contributed by atoms with Crippen LogP contribution in [0.2, 0.25) is 0 Å². The van der Waals surface area contributed by atoms with Crippen molar-refractivity contribution in [1.82, 2.24) is 0 Å². The number of carbonyl (C=O) groups is 3. The summed E-state index contributed by atoms with van der Waals surface area (Å²) in [6.45, 7) is 6.47. The van der Waals surface area contributed by atoms with Crippen molar-refractivity contribution in [2.24, 2.45) is 0 Å². The molecule has 0 aliphatic rings. The standard InChI is InChI=1S/C62H106O6/c1-4-7-10-13-16-19-22-25-28-30-32-34-37-40-43-46-49-52-55-61(64)67-58-59(57-66-60(63)54-51-48-45-42-39-36-33-27-24-21-18-15-12-9-6-3)68-62(65)56-53-50-47-44-41-38-35-31-29-26-23-20-17-14-11-8-5-2/h8,11,14,17,20,23,26,29,31-32,34-35,38,41,59H,4-7,9-10,12-13,15-16,18-19,21-22,24-25,27-28,30,33,36-37,39-40,42-58H2,1-3H3/b11-8-,17-14-,23-20-,29-26-,34-32-,35-31+,41-38-. The molecule has 0 bridgehead atoms. The van der Waals surface area contributed by atoms with E-state index in [1.165, 1.54) is 154 Å².